The van der Waals surface area contributed by atoms with Gasteiger partial charge in [0.05, 0.1) is 29.8 Å². The molecule has 0 bridgehead atoms. The van der Waals surface area contributed by atoms with Crippen molar-refractivity contribution in [3.63, 3.8) is 0 Å². The van der Waals surface area contributed by atoms with Crippen LogP contribution in [0, 0.1) is 0 Å². The number of halogens is 2. The molecule has 0 radical (unpaired) electrons. The lowest BCUT2D eigenvalue weighted by molar-refractivity contribution is 0.263. The Hall–Kier alpha value is -1.67. The fraction of sp³-hybridized carbons (Fsp3) is 0.400. The minimum atomic E-state index is -3.90. The maximum absolute atomic E-state index is 13.3. The zero-order chi connectivity index (χ0) is 21.3. The first-order chi connectivity index (χ1) is 13.7. The number of anilines is 1. The van der Waals surface area contributed by atoms with E-state index >= 15 is 0 Å². The summed E-state index contributed by atoms with van der Waals surface area (Å²) in [4.78, 5) is 2.38. The fourth-order valence-corrected chi connectivity index (χ4v) is 5.64. The summed E-state index contributed by atoms with van der Waals surface area (Å²) in [7, 11) is 3.17. The Morgan fingerprint density at radius 3 is 2.45 bits per heavy atom. The molecule has 1 aliphatic carbocycles. The second-order valence-electron chi connectivity index (χ2n) is 7.16. The number of fused-ring (bicyclic) bond motifs is 1. The second kappa shape index (κ2) is 8.60. The van der Waals surface area contributed by atoms with E-state index in [0.29, 0.717) is 23.2 Å². The van der Waals surface area contributed by atoms with E-state index in [9.17, 15) is 8.42 Å². The largest absolute Gasteiger partial charge is 0.496 e. The van der Waals surface area contributed by atoms with Crippen molar-refractivity contribution in [3.8, 4) is 11.5 Å². The predicted octanol–water partition coefficient (Wildman–Crippen LogP) is 4.23. The lowest BCUT2D eigenvalue weighted by Gasteiger charge is -2.31. The summed E-state index contributed by atoms with van der Waals surface area (Å²) in [6, 6.07) is 6.58. The Balaban J connectivity index is 2.06. The number of hydrogen-bond donors (Lipinski definition) is 1. The van der Waals surface area contributed by atoms with Crippen molar-refractivity contribution in [3.05, 3.63) is 45.4 Å². The highest BCUT2D eigenvalue weighted by Crippen LogP contribution is 2.39. The molecular formula is C20H24Cl2N2O4S. The number of benzene rings is 2. The van der Waals surface area contributed by atoms with E-state index in [4.69, 9.17) is 32.7 Å². The van der Waals surface area contributed by atoms with E-state index in [1.54, 1.807) is 19.2 Å². The normalized spacial score (nSPS) is 16.4. The zero-order valence-corrected chi connectivity index (χ0v) is 19.1. The topological polar surface area (TPSA) is 67.9 Å². The third-order valence-corrected chi connectivity index (χ3v) is 7.16. The van der Waals surface area contributed by atoms with Crippen molar-refractivity contribution < 1.29 is 17.9 Å². The molecule has 2 aromatic carbocycles. The molecule has 3 rings (SSSR count). The van der Waals surface area contributed by atoms with Gasteiger partial charge >= 0.3 is 0 Å². The third-order valence-electron chi connectivity index (χ3n) is 5.21. The third kappa shape index (κ3) is 4.43. The van der Waals surface area contributed by atoms with Crippen LogP contribution in [0.4, 0.5) is 5.69 Å². The fourth-order valence-electron chi connectivity index (χ4n) is 3.72. The Morgan fingerprint density at radius 2 is 1.83 bits per heavy atom. The number of ether oxygens (including phenoxy) is 2. The van der Waals surface area contributed by atoms with E-state index in [-0.39, 0.29) is 21.4 Å². The van der Waals surface area contributed by atoms with E-state index in [0.717, 1.165) is 24.0 Å². The van der Waals surface area contributed by atoms with E-state index in [1.807, 2.05) is 14.1 Å². The molecule has 0 aliphatic heterocycles. The lowest BCUT2D eigenvalue weighted by atomic mass is 9.87. The molecule has 0 fully saturated rings. The summed E-state index contributed by atoms with van der Waals surface area (Å²) in [5.41, 5.74) is 1.90. The number of sulfonamides is 1. The van der Waals surface area contributed by atoms with E-state index in [2.05, 4.69) is 9.62 Å². The van der Waals surface area contributed by atoms with E-state index in [1.165, 1.54) is 19.2 Å². The van der Waals surface area contributed by atoms with Crippen LogP contribution in [-0.4, -0.2) is 47.7 Å². The number of nitrogens with zero attached hydrogens (tertiary/aromatic N) is 1. The van der Waals surface area contributed by atoms with Gasteiger partial charge < -0.3 is 14.4 Å². The molecule has 0 saturated carbocycles. The highest BCUT2D eigenvalue weighted by Gasteiger charge is 2.30. The maximum Gasteiger partial charge on any atom is 0.262 e. The highest BCUT2D eigenvalue weighted by atomic mass is 35.5. The lowest BCUT2D eigenvalue weighted by Crippen LogP contribution is -2.34. The van der Waals surface area contributed by atoms with Crippen LogP contribution >= 0.6 is 23.2 Å². The Morgan fingerprint density at radius 1 is 1.10 bits per heavy atom. The number of hydrogen-bond acceptors (Lipinski definition) is 5. The molecule has 0 saturated heterocycles. The number of rotatable bonds is 6. The van der Waals surface area contributed by atoms with Crippen LogP contribution in [0.1, 0.15) is 17.5 Å². The molecule has 1 N–H and O–H groups in total. The molecule has 0 aromatic heterocycles. The van der Waals surface area contributed by atoms with Crippen LogP contribution in [0.2, 0.25) is 10.0 Å². The number of nitrogens with one attached hydrogen (secondary N) is 1. The summed E-state index contributed by atoms with van der Waals surface area (Å²) in [5, 5.41) is 0.530. The van der Waals surface area contributed by atoms with Gasteiger partial charge in [-0.2, -0.15) is 0 Å². The smallest absolute Gasteiger partial charge is 0.262 e. The molecular weight excluding hydrogens is 435 g/mol. The summed E-state index contributed by atoms with van der Waals surface area (Å²) in [6.45, 7) is 0. The number of methoxy groups -OCH3 is 2. The maximum atomic E-state index is 13.3. The first-order valence-electron chi connectivity index (χ1n) is 9.09. The van der Waals surface area contributed by atoms with Crippen molar-refractivity contribution in [2.45, 2.75) is 30.2 Å². The van der Waals surface area contributed by atoms with Crippen LogP contribution in [0.3, 0.4) is 0 Å². The standard InChI is InChI=1S/C20H24Cl2N2O4S/c1-24(2)13-5-6-14-15(11-13)18(27-3)7-8-19(14)29(25,26)23-17-10-12(21)9-16(22)20(17)28-4/h7-10,13,23H,5-6,11H2,1-4H3/t13-/m0/s1. The van der Waals surface area contributed by atoms with Crippen molar-refractivity contribution in [1.82, 2.24) is 4.90 Å². The second-order valence-corrected chi connectivity index (χ2v) is 9.65. The van der Waals surface area contributed by atoms with Crippen LogP contribution in [-0.2, 0) is 22.9 Å². The quantitative estimate of drug-likeness (QED) is 0.701. The summed E-state index contributed by atoms with van der Waals surface area (Å²) in [5.74, 6) is 0.920. The first kappa shape index (κ1) is 22.0. The van der Waals surface area contributed by atoms with Gasteiger partial charge in [0, 0.05) is 16.6 Å². The van der Waals surface area contributed by atoms with Crippen LogP contribution < -0.4 is 14.2 Å². The predicted molar refractivity (Wildman–Crippen MR) is 116 cm³/mol. The molecule has 29 heavy (non-hydrogen) atoms. The van der Waals surface area contributed by atoms with Crippen LogP contribution in [0.25, 0.3) is 0 Å². The molecule has 0 amide bonds. The van der Waals surface area contributed by atoms with E-state index < -0.39 is 10.0 Å². The molecule has 1 atom stereocenters. The molecule has 0 unspecified atom stereocenters. The monoisotopic (exact) mass is 458 g/mol. The van der Waals surface area contributed by atoms with Gasteiger partial charge in [-0.15, -0.1) is 0 Å². The van der Waals surface area contributed by atoms with Crippen LogP contribution in [0.15, 0.2) is 29.2 Å². The van der Waals surface area contributed by atoms with Gasteiger partial charge in [-0.1, -0.05) is 23.2 Å². The van der Waals surface area contributed by atoms with Gasteiger partial charge in [0.25, 0.3) is 10.0 Å². The molecule has 9 heteroatoms. The molecule has 0 heterocycles. The van der Waals surface area contributed by atoms with Gasteiger partial charge in [-0.05, 0) is 63.2 Å². The average Bonchev–Trinajstić information content (AvgIpc) is 2.65. The average molecular weight is 459 g/mol. The van der Waals surface area contributed by atoms with Crippen molar-refractivity contribution in [1.29, 1.82) is 0 Å². The Kier molecular flexibility index (Phi) is 6.53. The van der Waals surface area contributed by atoms with Crippen molar-refractivity contribution in [2.24, 2.45) is 0 Å². The van der Waals surface area contributed by atoms with Crippen molar-refractivity contribution >= 4 is 38.9 Å². The number of likely N-dealkylation sites (N-methyl/N-ethyl adjacent to an activating group) is 1. The van der Waals surface area contributed by atoms with Gasteiger partial charge in [0.15, 0.2) is 5.75 Å². The van der Waals surface area contributed by atoms with Gasteiger partial charge in [-0.3, -0.25) is 4.72 Å². The SMILES string of the molecule is COc1ccc(S(=O)(=O)Nc2cc(Cl)cc(Cl)c2OC)c2c1C[C@@H](N(C)C)CC2. The Bertz CT molecular complexity index is 1030. The van der Waals surface area contributed by atoms with Gasteiger partial charge in [-0.25, -0.2) is 8.42 Å². The summed E-state index contributed by atoms with van der Waals surface area (Å²) < 4.78 is 39.9. The summed E-state index contributed by atoms with van der Waals surface area (Å²) in [6.07, 6.45) is 2.22. The minimum absolute atomic E-state index is 0.191. The highest BCUT2D eigenvalue weighted by molar-refractivity contribution is 7.92. The van der Waals surface area contributed by atoms with Crippen LogP contribution in [0.5, 0.6) is 11.5 Å². The molecule has 0 spiro atoms. The molecule has 158 valence electrons. The van der Waals surface area contributed by atoms with Gasteiger partial charge in [0.1, 0.15) is 5.75 Å². The van der Waals surface area contributed by atoms with Gasteiger partial charge in [0.2, 0.25) is 0 Å². The molecule has 1 aliphatic rings. The zero-order valence-electron chi connectivity index (χ0n) is 16.8. The summed E-state index contributed by atoms with van der Waals surface area (Å²) >= 11 is 12.2. The molecule has 2 aromatic rings. The molecule has 6 nitrogen and oxygen atoms in total. The van der Waals surface area contributed by atoms with Crippen molar-refractivity contribution in [2.75, 3.05) is 33.0 Å². The minimum Gasteiger partial charge on any atom is -0.496 e. The first-order valence-corrected chi connectivity index (χ1v) is 11.3. The Labute approximate surface area is 181 Å².